The summed E-state index contributed by atoms with van der Waals surface area (Å²) in [7, 11) is 0. The molecule has 2 aromatic rings. The van der Waals surface area contributed by atoms with Crippen LogP contribution in [0.15, 0.2) is 38.7 Å². The van der Waals surface area contributed by atoms with Gasteiger partial charge in [0.1, 0.15) is 6.04 Å². The van der Waals surface area contributed by atoms with Gasteiger partial charge in [-0.1, -0.05) is 0 Å². The summed E-state index contributed by atoms with van der Waals surface area (Å²) in [4.78, 5) is 27.4. The summed E-state index contributed by atoms with van der Waals surface area (Å²) in [6.45, 7) is 1.07. The third-order valence-electron chi connectivity index (χ3n) is 3.61. The highest BCUT2D eigenvalue weighted by Crippen LogP contribution is 2.22. The summed E-state index contributed by atoms with van der Waals surface area (Å²) in [5.41, 5.74) is 0. The number of likely N-dealkylation sites (tertiary alicyclic amines) is 1. The first-order valence-electron chi connectivity index (χ1n) is 7.00. The zero-order valence-corrected chi connectivity index (χ0v) is 14.2. The fourth-order valence-corrected chi connectivity index (χ4v) is 3.95. The molecule has 0 spiro atoms. The van der Waals surface area contributed by atoms with Gasteiger partial charge >= 0.3 is 0 Å². The second kappa shape index (κ2) is 6.66. The Morgan fingerprint density at radius 1 is 1.50 bits per heavy atom. The van der Waals surface area contributed by atoms with Crippen LogP contribution in [-0.4, -0.2) is 29.3 Å². The average molecular weight is 383 g/mol. The van der Waals surface area contributed by atoms with Crippen LogP contribution in [0.1, 0.15) is 28.3 Å². The minimum Gasteiger partial charge on any atom is -0.459 e. The van der Waals surface area contributed by atoms with Gasteiger partial charge in [-0.05, 0) is 47.0 Å². The fourth-order valence-electron chi connectivity index (χ4n) is 2.56. The lowest BCUT2D eigenvalue weighted by Gasteiger charge is -2.22. The number of carbonyl (C=O) groups excluding carboxylic acids is 2. The zero-order chi connectivity index (χ0) is 15.5. The van der Waals surface area contributed by atoms with Crippen molar-refractivity contribution < 1.29 is 14.0 Å². The molecule has 0 bridgehead atoms. The number of thiophene rings is 1. The van der Waals surface area contributed by atoms with Crippen LogP contribution < -0.4 is 5.32 Å². The number of hydrogen-bond acceptors (Lipinski definition) is 4. The van der Waals surface area contributed by atoms with E-state index in [-0.39, 0.29) is 17.6 Å². The number of halogens is 1. The molecule has 2 aromatic heterocycles. The zero-order valence-electron chi connectivity index (χ0n) is 11.8. The average Bonchev–Trinajstić information content (AvgIpc) is 3.25. The molecule has 1 saturated heterocycles. The molecule has 3 heterocycles. The molecule has 0 unspecified atom stereocenters. The number of nitrogens with one attached hydrogen (secondary N) is 1. The van der Waals surface area contributed by atoms with Crippen LogP contribution in [0.4, 0.5) is 0 Å². The Kier molecular flexibility index (Phi) is 4.63. The topological polar surface area (TPSA) is 62.6 Å². The predicted octanol–water partition coefficient (Wildman–Crippen LogP) is 3.02. The van der Waals surface area contributed by atoms with Gasteiger partial charge in [0.2, 0.25) is 5.91 Å². The lowest BCUT2D eigenvalue weighted by Crippen LogP contribution is -2.45. The Balaban J connectivity index is 1.62. The van der Waals surface area contributed by atoms with Gasteiger partial charge in [0.05, 0.1) is 12.8 Å². The molecule has 0 aliphatic carbocycles. The predicted molar refractivity (Wildman–Crippen MR) is 86.6 cm³/mol. The lowest BCUT2D eigenvalue weighted by molar-refractivity contribution is -0.125. The maximum Gasteiger partial charge on any atom is 0.290 e. The SMILES string of the molecule is O=C(NCc1cc(Br)cs1)[C@@H]1CCCN1C(=O)c1ccco1. The Morgan fingerprint density at radius 2 is 2.36 bits per heavy atom. The second-order valence-electron chi connectivity index (χ2n) is 5.08. The quantitative estimate of drug-likeness (QED) is 0.883. The summed E-state index contributed by atoms with van der Waals surface area (Å²) in [5, 5.41) is 4.89. The van der Waals surface area contributed by atoms with Gasteiger partial charge in [0.15, 0.2) is 5.76 Å². The van der Waals surface area contributed by atoms with Crippen molar-refractivity contribution in [3.05, 3.63) is 45.0 Å². The van der Waals surface area contributed by atoms with Crippen LogP contribution in [0.2, 0.25) is 0 Å². The highest BCUT2D eigenvalue weighted by atomic mass is 79.9. The van der Waals surface area contributed by atoms with Gasteiger partial charge in [-0.2, -0.15) is 0 Å². The number of carbonyl (C=O) groups is 2. The molecule has 1 fully saturated rings. The van der Waals surface area contributed by atoms with E-state index in [0.717, 1.165) is 15.8 Å². The lowest BCUT2D eigenvalue weighted by atomic mass is 10.2. The highest BCUT2D eigenvalue weighted by Gasteiger charge is 2.35. The van der Waals surface area contributed by atoms with Crippen LogP contribution in [0.5, 0.6) is 0 Å². The molecule has 0 aromatic carbocycles. The van der Waals surface area contributed by atoms with Gasteiger partial charge in [0, 0.05) is 21.3 Å². The molecule has 116 valence electrons. The Bertz CT molecular complexity index is 668. The van der Waals surface area contributed by atoms with Gasteiger partial charge in [-0.15, -0.1) is 11.3 Å². The normalized spacial score (nSPS) is 17.7. The number of furan rings is 1. The first-order chi connectivity index (χ1) is 10.6. The smallest absolute Gasteiger partial charge is 0.290 e. The third-order valence-corrected chi connectivity index (χ3v) is 5.30. The van der Waals surface area contributed by atoms with Crippen LogP contribution >= 0.6 is 27.3 Å². The Morgan fingerprint density at radius 3 is 3.05 bits per heavy atom. The van der Waals surface area contributed by atoms with E-state index in [1.54, 1.807) is 28.4 Å². The number of rotatable bonds is 4. The van der Waals surface area contributed by atoms with Crippen molar-refractivity contribution in [3.8, 4) is 0 Å². The maximum absolute atomic E-state index is 12.4. The van der Waals surface area contributed by atoms with E-state index in [2.05, 4.69) is 21.2 Å². The molecule has 0 saturated carbocycles. The van der Waals surface area contributed by atoms with Gasteiger partial charge in [0.25, 0.3) is 5.91 Å². The van der Waals surface area contributed by atoms with Gasteiger partial charge in [-0.25, -0.2) is 0 Å². The van der Waals surface area contributed by atoms with Gasteiger partial charge < -0.3 is 14.6 Å². The minimum absolute atomic E-state index is 0.109. The van der Waals surface area contributed by atoms with Crippen molar-refractivity contribution in [1.29, 1.82) is 0 Å². The van der Waals surface area contributed by atoms with E-state index in [0.29, 0.717) is 19.5 Å². The molecule has 1 N–H and O–H groups in total. The van der Waals surface area contributed by atoms with Crippen molar-refractivity contribution >= 4 is 39.1 Å². The van der Waals surface area contributed by atoms with Crippen molar-refractivity contribution in [2.75, 3.05) is 6.54 Å². The summed E-state index contributed by atoms with van der Waals surface area (Å²) in [5.74, 6) is -0.0506. The van der Waals surface area contributed by atoms with Crippen molar-refractivity contribution in [2.24, 2.45) is 0 Å². The number of nitrogens with zero attached hydrogens (tertiary/aromatic N) is 1. The molecule has 22 heavy (non-hydrogen) atoms. The molecule has 7 heteroatoms. The summed E-state index contributed by atoms with van der Waals surface area (Å²) in [6, 6.07) is 4.86. The first kappa shape index (κ1) is 15.3. The fraction of sp³-hybridized carbons (Fsp3) is 0.333. The molecular weight excluding hydrogens is 368 g/mol. The third kappa shape index (κ3) is 3.25. The summed E-state index contributed by atoms with van der Waals surface area (Å²) in [6.07, 6.45) is 2.98. The van der Waals surface area contributed by atoms with Crippen LogP contribution in [0, 0.1) is 0 Å². The first-order valence-corrected chi connectivity index (χ1v) is 8.67. The standard InChI is InChI=1S/C15H15BrN2O3S/c16-10-7-11(22-9-10)8-17-14(19)12-3-1-5-18(12)15(20)13-4-2-6-21-13/h2,4,6-7,9,12H,1,3,5,8H2,(H,17,19)/t12-/m0/s1. The minimum atomic E-state index is -0.416. The van der Waals surface area contributed by atoms with Crippen LogP contribution in [0.25, 0.3) is 0 Å². The van der Waals surface area contributed by atoms with E-state index < -0.39 is 6.04 Å². The van der Waals surface area contributed by atoms with Gasteiger partial charge in [-0.3, -0.25) is 9.59 Å². The van der Waals surface area contributed by atoms with E-state index >= 15 is 0 Å². The second-order valence-corrected chi connectivity index (χ2v) is 6.99. The summed E-state index contributed by atoms with van der Waals surface area (Å²) >= 11 is 4.97. The van der Waals surface area contributed by atoms with Crippen molar-refractivity contribution in [1.82, 2.24) is 10.2 Å². The maximum atomic E-state index is 12.4. The highest BCUT2D eigenvalue weighted by molar-refractivity contribution is 9.10. The largest absolute Gasteiger partial charge is 0.459 e. The monoisotopic (exact) mass is 382 g/mol. The van der Waals surface area contributed by atoms with Crippen molar-refractivity contribution in [2.45, 2.75) is 25.4 Å². The molecule has 1 atom stereocenters. The molecular formula is C15H15BrN2O3S. The molecule has 2 amide bonds. The summed E-state index contributed by atoms with van der Waals surface area (Å²) < 4.78 is 6.15. The van der Waals surface area contributed by atoms with Crippen LogP contribution in [0.3, 0.4) is 0 Å². The Labute approximate surface area is 140 Å². The van der Waals surface area contributed by atoms with E-state index in [1.807, 2.05) is 11.4 Å². The van der Waals surface area contributed by atoms with E-state index in [1.165, 1.54) is 6.26 Å². The molecule has 0 radical (unpaired) electrons. The van der Waals surface area contributed by atoms with Crippen molar-refractivity contribution in [3.63, 3.8) is 0 Å². The number of hydrogen-bond donors (Lipinski definition) is 1. The molecule has 5 nitrogen and oxygen atoms in total. The molecule has 1 aliphatic heterocycles. The van der Waals surface area contributed by atoms with E-state index in [9.17, 15) is 9.59 Å². The number of amides is 2. The van der Waals surface area contributed by atoms with Crippen LogP contribution in [-0.2, 0) is 11.3 Å². The molecule has 3 rings (SSSR count). The Hall–Kier alpha value is -1.60. The molecule has 1 aliphatic rings. The van der Waals surface area contributed by atoms with E-state index in [4.69, 9.17) is 4.42 Å².